The van der Waals surface area contributed by atoms with Crippen molar-refractivity contribution >= 4 is 0 Å². The summed E-state index contributed by atoms with van der Waals surface area (Å²) in [5.74, 6) is 2.40. The highest BCUT2D eigenvalue weighted by molar-refractivity contribution is 5.37. The summed E-state index contributed by atoms with van der Waals surface area (Å²) in [5.41, 5.74) is 2.46. The molecule has 1 aromatic carbocycles. The summed E-state index contributed by atoms with van der Waals surface area (Å²) in [4.78, 5) is 4.26. The zero-order valence-electron chi connectivity index (χ0n) is 11.5. The fourth-order valence-corrected chi connectivity index (χ4v) is 1.81. The molecular formula is C15H20N2O. The first kappa shape index (κ1) is 12.7. The molecule has 0 radical (unpaired) electrons. The van der Waals surface area contributed by atoms with Crippen LogP contribution < -0.4 is 4.74 Å². The predicted octanol–water partition coefficient (Wildman–Crippen LogP) is 3.43. The molecule has 2 aromatic rings. The van der Waals surface area contributed by atoms with E-state index in [1.165, 1.54) is 5.56 Å². The summed E-state index contributed by atoms with van der Waals surface area (Å²) in [5, 5.41) is 0. The zero-order chi connectivity index (χ0) is 13.1. The van der Waals surface area contributed by atoms with Gasteiger partial charge in [0.2, 0.25) is 0 Å². The van der Waals surface area contributed by atoms with Crippen molar-refractivity contribution in [1.82, 2.24) is 9.55 Å². The van der Waals surface area contributed by atoms with E-state index in [4.69, 9.17) is 4.74 Å². The number of hydrogen-bond acceptors (Lipinski definition) is 2. The summed E-state index contributed by atoms with van der Waals surface area (Å²) in [6, 6.07) is 6.40. The quantitative estimate of drug-likeness (QED) is 0.824. The second kappa shape index (κ2) is 5.25. The lowest BCUT2D eigenvalue weighted by Crippen LogP contribution is -2.04. The summed E-state index contributed by atoms with van der Waals surface area (Å²) >= 11 is 0. The first-order chi connectivity index (χ1) is 8.58. The highest BCUT2D eigenvalue weighted by atomic mass is 16.5. The van der Waals surface area contributed by atoms with Gasteiger partial charge in [-0.15, -0.1) is 0 Å². The summed E-state index contributed by atoms with van der Waals surface area (Å²) in [7, 11) is 1.98. The van der Waals surface area contributed by atoms with E-state index in [2.05, 4.69) is 44.0 Å². The van der Waals surface area contributed by atoms with E-state index in [9.17, 15) is 0 Å². The average molecular weight is 244 g/mol. The van der Waals surface area contributed by atoms with Crippen molar-refractivity contribution in [3.05, 3.63) is 47.5 Å². The van der Waals surface area contributed by atoms with Crippen molar-refractivity contribution in [2.75, 3.05) is 0 Å². The lowest BCUT2D eigenvalue weighted by molar-refractivity contribution is 0.289. The van der Waals surface area contributed by atoms with Crippen LogP contribution in [0.4, 0.5) is 0 Å². The number of benzene rings is 1. The Labute approximate surface area is 108 Å². The van der Waals surface area contributed by atoms with Gasteiger partial charge in [0.05, 0.1) is 0 Å². The highest BCUT2D eigenvalue weighted by Crippen LogP contribution is 2.24. The van der Waals surface area contributed by atoms with Crippen LogP contribution in [0.2, 0.25) is 0 Å². The fraction of sp³-hybridized carbons (Fsp3) is 0.400. The minimum absolute atomic E-state index is 0.506. The van der Waals surface area contributed by atoms with Gasteiger partial charge >= 0.3 is 0 Å². The SMILES string of the molecule is Cc1ccc(C(C)C)cc1OCc1nccn1C. The van der Waals surface area contributed by atoms with Gasteiger partial charge in [-0.05, 0) is 30.0 Å². The molecule has 0 N–H and O–H groups in total. The summed E-state index contributed by atoms with van der Waals surface area (Å²) < 4.78 is 7.84. The molecule has 3 heteroatoms. The van der Waals surface area contributed by atoms with Crippen LogP contribution in [0.5, 0.6) is 5.75 Å². The third-order valence-electron chi connectivity index (χ3n) is 3.16. The molecule has 0 aliphatic carbocycles. The Bertz CT molecular complexity index is 529. The van der Waals surface area contributed by atoms with Crippen molar-refractivity contribution in [1.29, 1.82) is 0 Å². The first-order valence-electron chi connectivity index (χ1n) is 6.27. The Morgan fingerprint density at radius 1 is 1.33 bits per heavy atom. The Morgan fingerprint density at radius 3 is 2.72 bits per heavy atom. The minimum Gasteiger partial charge on any atom is -0.485 e. The van der Waals surface area contributed by atoms with Crippen molar-refractivity contribution < 1.29 is 4.74 Å². The van der Waals surface area contributed by atoms with Crippen LogP contribution >= 0.6 is 0 Å². The van der Waals surface area contributed by atoms with Gasteiger partial charge in [-0.2, -0.15) is 0 Å². The summed E-state index contributed by atoms with van der Waals surface area (Å²) in [6.45, 7) is 6.95. The maximum absolute atomic E-state index is 5.87. The van der Waals surface area contributed by atoms with Crippen molar-refractivity contribution in [2.24, 2.45) is 7.05 Å². The Morgan fingerprint density at radius 2 is 2.11 bits per heavy atom. The van der Waals surface area contributed by atoms with Crippen LogP contribution in [0, 0.1) is 6.92 Å². The second-order valence-corrected chi connectivity index (χ2v) is 4.92. The zero-order valence-corrected chi connectivity index (χ0v) is 11.5. The predicted molar refractivity (Wildman–Crippen MR) is 72.8 cm³/mol. The molecular weight excluding hydrogens is 224 g/mol. The number of aryl methyl sites for hydroxylation is 2. The standard InChI is InChI=1S/C15H20N2O/c1-11(2)13-6-5-12(3)14(9-13)18-10-15-16-7-8-17(15)4/h5-9,11H,10H2,1-4H3. The maximum Gasteiger partial charge on any atom is 0.146 e. The number of nitrogens with zero attached hydrogens (tertiary/aromatic N) is 2. The van der Waals surface area contributed by atoms with Crippen molar-refractivity contribution in [2.45, 2.75) is 33.3 Å². The van der Waals surface area contributed by atoms with E-state index in [1.54, 1.807) is 6.20 Å². The van der Waals surface area contributed by atoms with Crippen LogP contribution in [0.15, 0.2) is 30.6 Å². The largest absolute Gasteiger partial charge is 0.485 e. The molecule has 0 unspecified atom stereocenters. The van der Waals surface area contributed by atoms with E-state index in [0.717, 1.165) is 17.1 Å². The molecule has 0 aliphatic heterocycles. The molecule has 1 aromatic heterocycles. The normalized spacial score (nSPS) is 10.9. The fourth-order valence-electron chi connectivity index (χ4n) is 1.81. The molecule has 3 nitrogen and oxygen atoms in total. The molecule has 0 atom stereocenters. The van der Waals surface area contributed by atoms with Gasteiger partial charge in [-0.25, -0.2) is 4.98 Å². The molecule has 0 aliphatic rings. The van der Waals surface area contributed by atoms with Crippen LogP contribution in [-0.2, 0) is 13.7 Å². The number of rotatable bonds is 4. The number of imidazole rings is 1. The van der Waals surface area contributed by atoms with E-state index >= 15 is 0 Å². The third-order valence-corrected chi connectivity index (χ3v) is 3.16. The molecule has 0 bridgehead atoms. The number of aromatic nitrogens is 2. The lowest BCUT2D eigenvalue weighted by Gasteiger charge is -2.12. The maximum atomic E-state index is 5.87. The van der Waals surface area contributed by atoms with Gasteiger partial charge in [-0.1, -0.05) is 26.0 Å². The molecule has 18 heavy (non-hydrogen) atoms. The third kappa shape index (κ3) is 2.73. The molecule has 0 saturated heterocycles. The second-order valence-electron chi connectivity index (χ2n) is 4.92. The number of hydrogen-bond donors (Lipinski definition) is 0. The van der Waals surface area contributed by atoms with Gasteiger partial charge < -0.3 is 9.30 Å². The van der Waals surface area contributed by atoms with Crippen LogP contribution in [0.3, 0.4) is 0 Å². The van der Waals surface area contributed by atoms with Crippen LogP contribution in [0.25, 0.3) is 0 Å². The monoisotopic (exact) mass is 244 g/mol. The smallest absolute Gasteiger partial charge is 0.146 e. The van der Waals surface area contributed by atoms with Crippen LogP contribution in [0.1, 0.15) is 36.7 Å². The first-order valence-corrected chi connectivity index (χ1v) is 6.27. The van der Waals surface area contributed by atoms with E-state index in [0.29, 0.717) is 12.5 Å². The Hall–Kier alpha value is -1.77. The molecule has 0 amide bonds. The summed E-state index contributed by atoms with van der Waals surface area (Å²) in [6.07, 6.45) is 3.71. The van der Waals surface area contributed by atoms with Gasteiger partial charge in [0.1, 0.15) is 18.2 Å². The average Bonchev–Trinajstić information content (AvgIpc) is 2.73. The highest BCUT2D eigenvalue weighted by Gasteiger charge is 2.06. The van der Waals surface area contributed by atoms with Crippen molar-refractivity contribution in [3.63, 3.8) is 0 Å². The Balaban J connectivity index is 2.13. The molecule has 1 heterocycles. The molecule has 2 rings (SSSR count). The minimum atomic E-state index is 0.506. The number of ether oxygens (including phenoxy) is 1. The van der Waals surface area contributed by atoms with E-state index < -0.39 is 0 Å². The van der Waals surface area contributed by atoms with Gasteiger partial charge in [0.25, 0.3) is 0 Å². The van der Waals surface area contributed by atoms with E-state index in [1.807, 2.05) is 17.8 Å². The Kier molecular flexibility index (Phi) is 3.70. The van der Waals surface area contributed by atoms with Crippen molar-refractivity contribution in [3.8, 4) is 5.75 Å². The van der Waals surface area contributed by atoms with Gasteiger partial charge in [0, 0.05) is 19.4 Å². The molecule has 96 valence electrons. The molecule has 0 fully saturated rings. The van der Waals surface area contributed by atoms with Gasteiger partial charge in [0.15, 0.2) is 0 Å². The molecule has 0 saturated carbocycles. The van der Waals surface area contributed by atoms with Gasteiger partial charge in [-0.3, -0.25) is 0 Å². The van der Waals surface area contributed by atoms with E-state index in [-0.39, 0.29) is 0 Å². The molecule has 0 spiro atoms. The topological polar surface area (TPSA) is 27.1 Å². The van der Waals surface area contributed by atoms with Crippen LogP contribution in [-0.4, -0.2) is 9.55 Å². The lowest BCUT2D eigenvalue weighted by atomic mass is 10.0.